The van der Waals surface area contributed by atoms with Crippen LogP contribution in [0.25, 0.3) is 0 Å². The van der Waals surface area contributed by atoms with Gasteiger partial charge in [-0.15, -0.1) is 0 Å². The summed E-state index contributed by atoms with van der Waals surface area (Å²) in [7, 11) is 0. The summed E-state index contributed by atoms with van der Waals surface area (Å²) in [6, 6.07) is 0. The second-order valence-electron chi connectivity index (χ2n) is 3.27. The second kappa shape index (κ2) is 7.02. The van der Waals surface area contributed by atoms with Crippen LogP contribution in [0.5, 0.6) is 0 Å². The van der Waals surface area contributed by atoms with Gasteiger partial charge in [-0.2, -0.15) is 0 Å². The van der Waals surface area contributed by atoms with Gasteiger partial charge in [0.15, 0.2) is 0 Å². The Balaban J connectivity index is 3.42. The molecule has 0 rings (SSSR count). The molecule has 0 radical (unpaired) electrons. The second-order valence-corrected chi connectivity index (χ2v) is 4.43. The van der Waals surface area contributed by atoms with Gasteiger partial charge >= 0.3 is 85.4 Å². The maximum atomic E-state index is 5.36. The van der Waals surface area contributed by atoms with Crippen LogP contribution >= 0.6 is 0 Å². The summed E-state index contributed by atoms with van der Waals surface area (Å²) < 4.78 is 8.11. The van der Waals surface area contributed by atoms with E-state index in [2.05, 4.69) is 30.0 Å². The Hall–Kier alpha value is 0.570. The number of nitrogens with two attached hydrogens (primary N) is 1. The summed E-state index contributed by atoms with van der Waals surface area (Å²) >= 11 is -0.447. The van der Waals surface area contributed by atoms with Crippen LogP contribution in [0.4, 0.5) is 0 Å². The summed E-state index contributed by atoms with van der Waals surface area (Å²) in [6.07, 6.45) is 3.44. The van der Waals surface area contributed by atoms with E-state index in [1.54, 1.807) is 0 Å². The van der Waals surface area contributed by atoms with Gasteiger partial charge in [-0.3, -0.25) is 0 Å². The molecule has 0 heterocycles. The van der Waals surface area contributed by atoms with Crippen LogP contribution in [-0.4, -0.2) is 5.60 Å². The third kappa shape index (κ3) is 7.23. The first-order chi connectivity index (χ1) is 5.62. The van der Waals surface area contributed by atoms with Gasteiger partial charge in [0, 0.05) is 0 Å². The van der Waals surface area contributed by atoms with Crippen molar-refractivity contribution < 1.29 is 26.6 Å². The molecule has 0 bridgehead atoms. The standard InChI is InChI=1S/C7H19IN3O/c1-4-5-6-7(2,3)12-11-10-8-9/h10-11H,4-6,9H2,1-3H3/q-1. The van der Waals surface area contributed by atoms with Gasteiger partial charge in [0.1, 0.15) is 0 Å². The normalized spacial score (nSPS) is 12.3. The van der Waals surface area contributed by atoms with Crippen LogP contribution in [-0.2, 0) is 4.84 Å². The third-order valence-corrected chi connectivity index (χ3v) is 2.08. The minimum atomic E-state index is -0.447. The average molecular weight is 288 g/mol. The van der Waals surface area contributed by atoms with E-state index in [0.717, 1.165) is 6.42 Å². The molecule has 0 aromatic carbocycles. The number of unbranched alkanes of at least 4 members (excludes halogenated alkanes) is 1. The van der Waals surface area contributed by atoms with Crippen molar-refractivity contribution >= 4 is 0 Å². The molecule has 0 aliphatic heterocycles. The molecule has 0 aromatic heterocycles. The van der Waals surface area contributed by atoms with E-state index >= 15 is 0 Å². The van der Waals surface area contributed by atoms with Crippen molar-refractivity contribution in [3.8, 4) is 0 Å². The molecule has 0 atom stereocenters. The zero-order valence-corrected chi connectivity index (χ0v) is 10.1. The first kappa shape index (κ1) is 12.6. The van der Waals surface area contributed by atoms with Gasteiger partial charge in [0.25, 0.3) is 0 Å². The number of rotatable bonds is 7. The molecule has 0 saturated carbocycles. The fourth-order valence-corrected chi connectivity index (χ4v) is 1.07. The Bertz CT molecular complexity index is 111. The number of halogens is 1. The van der Waals surface area contributed by atoms with E-state index in [0.29, 0.717) is 0 Å². The average Bonchev–Trinajstić information content (AvgIpc) is 2.01. The monoisotopic (exact) mass is 288 g/mol. The minimum absolute atomic E-state index is 0.109. The Kier molecular flexibility index (Phi) is 7.35. The van der Waals surface area contributed by atoms with E-state index in [1.807, 2.05) is 0 Å². The summed E-state index contributed by atoms with van der Waals surface area (Å²) in [5, 5.41) is 0. The zero-order valence-electron chi connectivity index (χ0n) is 7.98. The molecule has 0 saturated heterocycles. The van der Waals surface area contributed by atoms with Crippen LogP contribution in [0, 0.1) is 0 Å². The fraction of sp³-hybridized carbons (Fsp3) is 1.00. The quantitative estimate of drug-likeness (QED) is 0.217. The van der Waals surface area contributed by atoms with Crippen molar-refractivity contribution in [1.29, 1.82) is 0 Å². The summed E-state index contributed by atoms with van der Waals surface area (Å²) in [4.78, 5) is 5.36. The summed E-state index contributed by atoms with van der Waals surface area (Å²) in [5.41, 5.74) is 2.55. The van der Waals surface area contributed by atoms with Crippen molar-refractivity contribution in [1.82, 2.24) is 9.23 Å². The molecule has 76 valence electrons. The van der Waals surface area contributed by atoms with Crippen LogP contribution in [0.1, 0.15) is 40.0 Å². The van der Waals surface area contributed by atoms with Crippen LogP contribution < -0.4 is 34.9 Å². The molecule has 0 aliphatic carbocycles. The van der Waals surface area contributed by atoms with Crippen molar-refractivity contribution in [2.24, 2.45) is 3.95 Å². The van der Waals surface area contributed by atoms with Gasteiger partial charge < -0.3 is 0 Å². The van der Waals surface area contributed by atoms with Crippen LogP contribution in [0.15, 0.2) is 0 Å². The Morgan fingerprint density at radius 2 is 2.17 bits per heavy atom. The first-order valence-electron chi connectivity index (χ1n) is 4.13. The molecule has 0 aromatic rings. The van der Waals surface area contributed by atoms with E-state index < -0.39 is 21.8 Å². The zero-order chi connectivity index (χ0) is 9.45. The molecule has 0 amide bonds. The third-order valence-electron chi connectivity index (χ3n) is 1.55. The van der Waals surface area contributed by atoms with Gasteiger partial charge in [0.05, 0.1) is 0 Å². The molecule has 4 N–H and O–H groups in total. The van der Waals surface area contributed by atoms with Crippen molar-refractivity contribution in [2.45, 2.75) is 45.6 Å². The molecule has 12 heavy (non-hydrogen) atoms. The van der Waals surface area contributed by atoms with Crippen molar-refractivity contribution in [3.05, 3.63) is 0 Å². The topological polar surface area (TPSA) is 59.3 Å². The summed E-state index contributed by atoms with van der Waals surface area (Å²) in [6.45, 7) is 6.30. The Morgan fingerprint density at radius 3 is 2.67 bits per heavy atom. The van der Waals surface area contributed by atoms with Gasteiger partial charge in [0.2, 0.25) is 0 Å². The first-order valence-corrected chi connectivity index (χ1v) is 6.45. The molecule has 0 spiro atoms. The SMILES string of the molecule is CCCCC(C)(C)ONN[I-]N. The van der Waals surface area contributed by atoms with Crippen LogP contribution in [0.2, 0.25) is 0 Å². The number of hydrogen-bond acceptors (Lipinski definition) is 4. The van der Waals surface area contributed by atoms with Crippen LogP contribution in [0.3, 0.4) is 0 Å². The number of hydrogen-bond donors (Lipinski definition) is 3. The Labute approximate surface area is 85.5 Å². The number of hydrazine groups is 1. The van der Waals surface area contributed by atoms with Crippen molar-refractivity contribution in [3.63, 3.8) is 0 Å². The van der Waals surface area contributed by atoms with Crippen molar-refractivity contribution in [2.75, 3.05) is 0 Å². The number of nitrogens with one attached hydrogen (secondary N) is 2. The predicted molar refractivity (Wildman–Crippen MR) is 45.1 cm³/mol. The molecule has 0 unspecified atom stereocenters. The van der Waals surface area contributed by atoms with E-state index in [9.17, 15) is 0 Å². The molecular formula is C7H19IN3O-. The van der Waals surface area contributed by atoms with E-state index in [1.165, 1.54) is 12.8 Å². The maximum absolute atomic E-state index is 5.36. The van der Waals surface area contributed by atoms with E-state index in [-0.39, 0.29) is 5.60 Å². The van der Waals surface area contributed by atoms with E-state index in [4.69, 9.17) is 8.78 Å². The summed E-state index contributed by atoms with van der Waals surface area (Å²) in [5.74, 6) is 0. The molecule has 4 nitrogen and oxygen atoms in total. The molecule has 0 fully saturated rings. The fourth-order valence-electron chi connectivity index (χ4n) is 0.833. The van der Waals surface area contributed by atoms with Gasteiger partial charge in [-0.25, -0.2) is 0 Å². The molecule has 5 heteroatoms. The van der Waals surface area contributed by atoms with Gasteiger partial charge in [-0.1, -0.05) is 0 Å². The molecule has 0 aliphatic rings. The van der Waals surface area contributed by atoms with Gasteiger partial charge in [-0.05, 0) is 0 Å². The molecular weight excluding hydrogens is 269 g/mol. The Morgan fingerprint density at radius 1 is 1.50 bits per heavy atom. The predicted octanol–water partition coefficient (Wildman–Crippen LogP) is -2.14.